The third-order valence-corrected chi connectivity index (χ3v) is 4.88. The Morgan fingerprint density at radius 2 is 2.22 bits per heavy atom. The van der Waals surface area contributed by atoms with Gasteiger partial charge in [-0.15, -0.1) is 11.3 Å². The van der Waals surface area contributed by atoms with Crippen LogP contribution in [-0.2, 0) is 6.54 Å². The summed E-state index contributed by atoms with van der Waals surface area (Å²) in [7, 11) is 2.04. The van der Waals surface area contributed by atoms with Gasteiger partial charge in [0.1, 0.15) is 22.0 Å². The molecule has 0 saturated carbocycles. The van der Waals surface area contributed by atoms with Gasteiger partial charge in [0.2, 0.25) is 0 Å². The number of rotatable bonds is 6. The molecule has 0 aliphatic heterocycles. The Hall–Kier alpha value is -1.92. The molecule has 1 atom stereocenters. The van der Waals surface area contributed by atoms with E-state index in [4.69, 9.17) is 4.42 Å². The van der Waals surface area contributed by atoms with Crippen LogP contribution in [0.1, 0.15) is 36.6 Å². The second-order valence-corrected chi connectivity index (χ2v) is 6.94. The molecule has 122 valence electrons. The van der Waals surface area contributed by atoms with Crippen LogP contribution >= 0.6 is 11.3 Å². The highest BCUT2D eigenvalue weighted by Crippen LogP contribution is 2.21. The molecule has 3 heterocycles. The lowest BCUT2D eigenvalue weighted by molar-refractivity contribution is 0.298. The largest absolute Gasteiger partial charge is 0.466 e. The summed E-state index contributed by atoms with van der Waals surface area (Å²) < 4.78 is 6.37. The molecule has 3 rings (SSSR count). The molecule has 0 aliphatic rings. The van der Waals surface area contributed by atoms with Crippen LogP contribution in [-0.4, -0.2) is 28.5 Å². The molecule has 6 heteroatoms. The second kappa shape index (κ2) is 6.68. The van der Waals surface area contributed by atoms with Crippen molar-refractivity contribution in [2.75, 3.05) is 13.6 Å². The van der Waals surface area contributed by atoms with E-state index in [9.17, 15) is 4.79 Å². The number of fused-ring (bicyclic) bond motifs is 1. The highest BCUT2D eigenvalue weighted by molar-refractivity contribution is 7.17. The monoisotopic (exact) mass is 331 g/mol. The molecule has 0 amide bonds. The van der Waals surface area contributed by atoms with E-state index < -0.39 is 0 Å². The third kappa shape index (κ3) is 3.71. The maximum atomic E-state index is 12.0. The van der Waals surface area contributed by atoms with E-state index in [1.54, 1.807) is 0 Å². The van der Waals surface area contributed by atoms with Crippen LogP contribution in [0.4, 0.5) is 0 Å². The van der Waals surface area contributed by atoms with Crippen LogP contribution in [0.15, 0.2) is 32.8 Å². The molecule has 0 radical (unpaired) electrons. The Labute approximate surface area is 139 Å². The van der Waals surface area contributed by atoms with E-state index in [0.29, 0.717) is 23.0 Å². The second-order valence-electron chi connectivity index (χ2n) is 6.02. The summed E-state index contributed by atoms with van der Waals surface area (Å²) in [6.07, 6.45) is 0.994. The Kier molecular flexibility index (Phi) is 4.63. The summed E-state index contributed by atoms with van der Waals surface area (Å²) in [5, 5.41) is 1.90. The van der Waals surface area contributed by atoms with E-state index in [2.05, 4.69) is 21.8 Å². The molecule has 0 bridgehead atoms. The predicted molar refractivity (Wildman–Crippen MR) is 93.1 cm³/mol. The summed E-state index contributed by atoms with van der Waals surface area (Å²) in [5.74, 6) is 3.07. The average Bonchev–Trinajstić information content (AvgIpc) is 3.13. The molecule has 3 aromatic heterocycles. The zero-order valence-electron chi connectivity index (χ0n) is 13.6. The molecule has 0 spiro atoms. The van der Waals surface area contributed by atoms with Gasteiger partial charge in [-0.1, -0.05) is 6.92 Å². The quantitative estimate of drug-likeness (QED) is 0.751. The fourth-order valence-electron chi connectivity index (χ4n) is 2.61. The van der Waals surface area contributed by atoms with E-state index in [1.165, 1.54) is 11.3 Å². The fourth-order valence-corrected chi connectivity index (χ4v) is 3.33. The molecule has 0 saturated heterocycles. The van der Waals surface area contributed by atoms with Crippen LogP contribution in [0.3, 0.4) is 0 Å². The number of hydrogen-bond acceptors (Lipinski definition) is 5. The molecule has 0 aliphatic carbocycles. The summed E-state index contributed by atoms with van der Waals surface area (Å²) >= 11 is 1.43. The van der Waals surface area contributed by atoms with Gasteiger partial charge in [0.25, 0.3) is 5.56 Å². The van der Waals surface area contributed by atoms with Crippen molar-refractivity contribution in [3.8, 4) is 0 Å². The summed E-state index contributed by atoms with van der Waals surface area (Å²) in [6, 6.07) is 5.93. The van der Waals surface area contributed by atoms with Crippen molar-refractivity contribution in [3.05, 3.63) is 51.3 Å². The molecule has 0 aromatic carbocycles. The van der Waals surface area contributed by atoms with Gasteiger partial charge < -0.3 is 9.40 Å². The van der Waals surface area contributed by atoms with Crippen molar-refractivity contribution in [1.82, 2.24) is 14.9 Å². The Balaban J connectivity index is 1.60. The fraction of sp³-hybridized carbons (Fsp3) is 0.412. The zero-order valence-corrected chi connectivity index (χ0v) is 14.4. The number of H-pyrrole nitrogens is 1. The number of thiophene rings is 1. The Morgan fingerprint density at radius 1 is 1.39 bits per heavy atom. The van der Waals surface area contributed by atoms with E-state index >= 15 is 0 Å². The smallest absolute Gasteiger partial charge is 0.268 e. The number of aryl methyl sites for hydroxylation is 1. The zero-order chi connectivity index (χ0) is 16.4. The number of furan rings is 1. The van der Waals surface area contributed by atoms with Gasteiger partial charge in [-0.3, -0.25) is 9.69 Å². The van der Waals surface area contributed by atoms with Gasteiger partial charge in [-0.25, -0.2) is 4.98 Å². The lowest BCUT2D eigenvalue weighted by atomic mass is 10.1. The topological polar surface area (TPSA) is 62.1 Å². The van der Waals surface area contributed by atoms with Crippen LogP contribution in [0.2, 0.25) is 0 Å². The van der Waals surface area contributed by atoms with Crippen LogP contribution in [0, 0.1) is 6.92 Å². The van der Waals surface area contributed by atoms with Gasteiger partial charge in [0.05, 0.1) is 12.1 Å². The maximum absolute atomic E-state index is 12.0. The highest BCUT2D eigenvalue weighted by atomic mass is 32.1. The molecular formula is C17H21N3O2S. The van der Waals surface area contributed by atoms with E-state index in [0.717, 1.165) is 30.0 Å². The van der Waals surface area contributed by atoms with Crippen LogP contribution < -0.4 is 5.56 Å². The lowest BCUT2D eigenvalue weighted by Crippen LogP contribution is -2.23. The number of aromatic nitrogens is 2. The van der Waals surface area contributed by atoms with Crippen molar-refractivity contribution in [2.24, 2.45) is 0 Å². The van der Waals surface area contributed by atoms with Crippen LogP contribution in [0.25, 0.3) is 10.2 Å². The first-order valence-corrected chi connectivity index (χ1v) is 8.62. The first-order chi connectivity index (χ1) is 11.0. The molecule has 0 unspecified atom stereocenters. The van der Waals surface area contributed by atoms with E-state index in [1.807, 2.05) is 37.6 Å². The van der Waals surface area contributed by atoms with Crippen molar-refractivity contribution in [2.45, 2.75) is 32.7 Å². The van der Waals surface area contributed by atoms with Gasteiger partial charge in [-0.2, -0.15) is 0 Å². The summed E-state index contributed by atoms with van der Waals surface area (Å²) in [4.78, 5) is 21.5. The molecule has 0 fully saturated rings. The minimum absolute atomic E-state index is 0.0483. The standard InChI is InChI=1S/C17H21N3O2S/c1-11(14-5-4-12(2)22-14)6-8-20(3)10-15-18-13-7-9-23-16(13)17(21)19-15/h4-5,7,9,11H,6,8,10H2,1-3H3,(H,18,19,21)/t11-/m1/s1. The van der Waals surface area contributed by atoms with Gasteiger partial charge in [0.15, 0.2) is 0 Å². The van der Waals surface area contributed by atoms with Crippen molar-refractivity contribution in [1.29, 1.82) is 0 Å². The van der Waals surface area contributed by atoms with E-state index in [-0.39, 0.29) is 5.56 Å². The normalized spacial score (nSPS) is 13.0. The first kappa shape index (κ1) is 16.0. The number of aromatic amines is 1. The Morgan fingerprint density at radius 3 is 2.96 bits per heavy atom. The molecule has 1 N–H and O–H groups in total. The summed E-state index contributed by atoms with van der Waals surface area (Å²) in [5.41, 5.74) is 0.731. The molecule has 3 aromatic rings. The predicted octanol–water partition coefficient (Wildman–Crippen LogP) is 3.51. The van der Waals surface area contributed by atoms with Gasteiger partial charge in [0, 0.05) is 5.92 Å². The maximum Gasteiger partial charge on any atom is 0.268 e. The van der Waals surface area contributed by atoms with Crippen LogP contribution in [0.5, 0.6) is 0 Å². The molecule has 5 nitrogen and oxygen atoms in total. The van der Waals surface area contributed by atoms with Gasteiger partial charge in [-0.05, 0) is 50.5 Å². The van der Waals surface area contributed by atoms with Crippen molar-refractivity contribution < 1.29 is 4.42 Å². The molecular weight excluding hydrogens is 310 g/mol. The SMILES string of the molecule is Cc1ccc([C@H](C)CCN(C)Cc2nc3ccsc3c(=O)[nH]2)o1. The van der Waals surface area contributed by atoms with Gasteiger partial charge >= 0.3 is 0 Å². The Bertz CT molecular complexity index is 849. The van der Waals surface area contributed by atoms with Crippen molar-refractivity contribution in [3.63, 3.8) is 0 Å². The number of nitrogens with one attached hydrogen (secondary N) is 1. The first-order valence-electron chi connectivity index (χ1n) is 7.74. The lowest BCUT2D eigenvalue weighted by Gasteiger charge is -2.18. The van der Waals surface area contributed by atoms with Crippen molar-refractivity contribution >= 4 is 21.6 Å². The minimum Gasteiger partial charge on any atom is -0.466 e. The number of hydrogen-bond donors (Lipinski definition) is 1. The minimum atomic E-state index is -0.0483. The molecule has 23 heavy (non-hydrogen) atoms. The highest BCUT2D eigenvalue weighted by Gasteiger charge is 2.12. The third-order valence-electron chi connectivity index (χ3n) is 3.97. The average molecular weight is 331 g/mol. The number of nitrogens with zero attached hydrogens (tertiary/aromatic N) is 2. The summed E-state index contributed by atoms with van der Waals surface area (Å²) in [6.45, 7) is 5.67.